The third-order valence-corrected chi connectivity index (χ3v) is 4.46. The predicted molar refractivity (Wildman–Crippen MR) is 63.7 cm³/mol. The third-order valence-electron chi connectivity index (χ3n) is 2.68. The van der Waals surface area contributed by atoms with Gasteiger partial charge in [-0.1, -0.05) is 30.3 Å². The lowest BCUT2D eigenvalue weighted by Gasteiger charge is -2.23. The Morgan fingerprint density at radius 1 is 1.31 bits per heavy atom. The van der Waals surface area contributed by atoms with Crippen LogP contribution in [0.5, 0.6) is 0 Å². The molecule has 0 aliphatic carbocycles. The van der Waals surface area contributed by atoms with Gasteiger partial charge in [0, 0.05) is 5.56 Å². The maximum absolute atomic E-state index is 12.3. The second-order valence-electron chi connectivity index (χ2n) is 4.72. The van der Waals surface area contributed by atoms with Crippen LogP contribution in [0, 0.1) is 0 Å². The Labute approximate surface area is 96.6 Å². The van der Waals surface area contributed by atoms with Gasteiger partial charge in [0.2, 0.25) is 0 Å². The van der Waals surface area contributed by atoms with E-state index in [1.54, 1.807) is 0 Å². The van der Waals surface area contributed by atoms with Gasteiger partial charge in [-0.2, -0.15) is 0 Å². The van der Waals surface area contributed by atoms with E-state index in [0.717, 1.165) is 0 Å². The van der Waals surface area contributed by atoms with E-state index >= 15 is 0 Å². The lowest BCUT2D eigenvalue weighted by atomic mass is 9.96. The van der Waals surface area contributed by atoms with Crippen LogP contribution in [0.1, 0.15) is 17.3 Å². The van der Waals surface area contributed by atoms with E-state index in [1.807, 2.05) is 50.3 Å². The molecule has 0 aromatic heterocycles. The second kappa shape index (κ2) is 3.80. The molecule has 0 bridgehead atoms. The minimum Gasteiger partial charge on any atom is -0.391 e. The van der Waals surface area contributed by atoms with Crippen molar-refractivity contribution in [3.05, 3.63) is 35.9 Å². The van der Waals surface area contributed by atoms with Gasteiger partial charge in [-0.15, -0.1) is 0 Å². The molecule has 2 rings (SSSR count). The van der Waals surface area contributed by atoms with Crippen LogP contribution < -0.4 is 0 Å². The normalized spacial score (nSPS) is 27.9. The van der Waals surface area contributed by atoms with Crippen molar-refractivity contribution in [2.24, 2.45) is 0 Å². The summed E-state index contributed by atoms with van der Waals surface area (Å²) in [4.78, 5) is 12.3. The standard InChI is InChI=1S/C12H16O3Si/c1-12(9-14-16(2,3)15-12)11(13)10-7-5-4-6-8-10/h4-8H,9H2,1-3H3. The van der Waals surface area contributed by atoms with E-state index in [4.69, 9.17) is 8.85 Å². The largest absolute Gasteiger partial charge is 0.391 e. The maximum atomic E-state index is 12.3. The number of hydrogen-bond acceptors (Lipinski definition) is 3. The number of carbonyl (C=O) groups excluding carboxylic acids is 1. The molecule has 16 heavy (non-hydrogen) atoms. The van der Waals surface area contributed by atoms with Crippen LogP contribution in [-0.2, 0) is 8.85 Å². The molecular weight excluding hydrogens is 220 g/mol. The SMILES string of the molecule is CC1(C(=O)c2ccccc2)CO[Si](C)(C)O1. The Bertz CT molecular complexity index is 402. The second-order valence-corrected chi connectivity index (χ2v) is 8.01. The average molecular weight is 236 g/mol. The van der Waals surface area contributed by atoms with Crippen molar-refractivity contribution in [1.82, 2.24) is 0 Å². The van der Waals surface area contributed by atoms with Crippen LogP contribution >= 0.6 is 0 Å². The van der Waals surface area contributed by atoms with Gasteiger partial charge >= 0.3 is 8.56 Å². The summed E-state index contributed by atoms with van der Waals surface area (Å²) in [5.41, 5.74) is -0.128. The quantitative estimate of drug-likeness (QED) is 0.584. The number of Topliss-reactive ketones (excluding diaryl/α,β-unsaturated/α-hetero) is 1. The zero-order chi connectivity index (χ0) is 11.8. The van der Waals surface area contributed by atoms with E-state index < -0.39 is 14.2 Å². The molecule has 0 amide bonds. The van der Waals surface area contributed by atoms with Gasteiger partial charge < -0.3 is 8.85 Å². The molecule has 0 spiro atoms. The highest BCUT2D eigenvalue weighted by atomic mass is 28.4. The molecule has 1 fully saturated rings. The van der Waals surface area contributed by atoms with Crippen LogP contribution in [0.4, 0.5) is 0 Å². The molecule has 1 heterocycles. The number of rotatable bonds is 2. The predicted octanol–water partition coefficient (Wildman–Crippen LogP) is 2.38. The smallest absolute Gasteiger partial charge is 0.332 e. The van der Waals surface area contributed by atoms with Gasteiger partial charge in [-0.05, 0) is 20.0 Å². The van der Waals surface area contributed by atoms with E-state index in [0.29, 0.717) is 12.2 Å². The van der Waals surface area contributed by atoms with Crippen LogP contribution in [0.3, 0.4) is 0 Å². The topological polar surface area (TPSA) is 35.5 Å². The Morgan fingerprint density at radius 2 is 1.94 bits per heavy atom. The van der Waals surface area contributed by atoms with Gasteiger partial charge in [0.1, 0.15) is 5.60 Å². The summed E-state index contributed by atoms with van der Waals surface area (Å²) in [6.07, 6.45) is 0. The van der Waals surface area contributed by atoms with Crippen LogP contribution in [0.2, 0.25) is 13.1 Å². The van der Waals surface area contributed by atoms with Gasteiger partial charge in [0.15, 0.2) is 5.78 Å². The first-order valence-electron chi connectivity index (χ1n) is 5.37. The Hall–Kier alpha value is -0.973. The number of ketones is 1. The molecular formula is C12H16O3Si. The fraction of sp³-hybridized carbons (Fsp3) is 0.417. The van der Waals surface area contributed by atoms with Crippen LogP contribution in [0.15, 0.2) is 30.3 Å². The molecule has 1 aromatic rings. The first-order chi connectivity index (χ1) is 7.43. The number of carbonyl (C=O) groups is 1. The summed E-state index contributed by atoms with van der Waals surface area (Å²) in [5.74, 6) is 0.00572. The molecule has 1 atom stereocenters. The fourth-order valence-electron chi connectivity index (χ4n) is 1.92. The first kappa shape index (κ1) is 11.5. The number of benzene rings is 1. The number of hydrogen-bond donors (Lipinski definition) is 0. The molecule has 3 nitrogen and oxygen atoms in total. The lowest BCUT2D eigenvalue weighted by Crippen LogP contribution is -2.41. The fourth-order valence-corrected chi connectivity index (χ4v) is 3.84. The summed E-state index contributed by atoms with van der Waals surface area (Å²) >= 11 is 0. The Balaban J connectivity index is 2.24. The van der Waals surface area contributed by atoms with Gasteiger partial charge in [0.05, 0.1) is 6.61 Å². The molecule has 86 valence electrons. The van der Waals surface area contributed by atoms with Gasteiger partial charge in [-0.3, -0.25) is 4.79 Å². The minimum absolute atomic E-state index is 0.00572. The highest BCUT2D eigenvalue weighted by molar-refractivity contribution is 6.65. The first-order valence-corrected chi connectivity index (χ1v) is 8.19. The Kier molecular flexibility index (Phi) is 2.73. The summed E-state index contributed by atoms with van der Waals surface area (Å²) < 4.78 is 11.4. The molecule has 0 radical (unpaired) electrons. The van der Waals surface area contributed by atoms with Crippen LogP contribution in [0.25, 0.3) is 0 Å². The van der Waals surface area contributed by atoms with Crippen molar-refractivity contribution in [3.8, 4) is 0 Å². The van der Waals surface area contributed by atoms with E-state index in [2.05, 4.69) is 0 Å². The molecule has 0 saturated carbocycles. The van der Waals surface area contributed by atoms with Crippen molar-refractivity contribution in [2.45, 2.75) is 25.6 Å². The molecule has 4 heteroatoms. The molecule has 1 unspecified atom stereocenters. The average Bonchev–Trinajstić information content (AvgIpc) is 2.54. The van der Waals surface area contributed by atoms with Crippen molar-refractivity contribution in [2.75, 3.05) is 6.61 Å². The van der Waals surface area contributed by atoms with E-state index in [9.17, 15) is 4.79 Å². The molecule has 1 aromatic carbocycles. The van der Waals surface area contributed by atoms with Crippen LogP contribution in [-0.4, -0.2) is 26.6 Å². The van der Waals surface area contributed by atoms with Crippen molar-refractivity contribution in [3.63, 3.8) is 0 Å². The van der Waals surface area contributed by atoms with E-state index in [1.165, 1.54) is 0 Å². The highest BCUT2D eigenvalue weighted by Crippen LogP contribution is 2.30. The molecule has 1 aliphatic rings. The molecule has 1 aliphatic heterocycles. The molecule has 1 saturated heterocycles. The minimum atomic E-state index is -2.09. The monoisotopic (exact) mass is 236 g/mol. The molecule has 0 N–H and O–H groups in total. The maximum Gasteiger partial charge on any atom is 0.332 e. The summed E-state index contributed by atoms with van der Waals surface area (Å²) in [5, 5.41) is 0. The highest BCUT2D eigenvalue weighted by Gasteiger charge is 2.48. The van der Waals surface area contributed by atoms with Crippen molar-refractivity contribution >= 4 is 14.3 Å². The van der Waals surface area contributed by atoms with E-state index in [-0.39, 0.29) is 5.78 Å². The zero-order valence-corrected chi connectivity index (χ0v) is 10.8. The third kappa shape index (κ3) is 2.09. The Morgan fingerprint density at radius 3 is 2.44 bits per heavy atom. The summed E-state index contributed by atoms with van der Waals surface area (Å²) in [6.45, 7) is 6.08. The van der Waals surface area contributed by atoms with Gasteiger partial charge in [0.25, 0.3) is 0 Å². The summed E-state index contributed by atoms with van der Waals surface area (Å²) in [7, 11) is -2.09. The summed E-state index contributed by atoms with van der Waals surface area (Å²) in [6, 6.07) is 9.22. The zero-order valence-electron chi connectivity index (χ0n) is 9.82. The van der Waals surface area contributed by atoms with Crippen molar-refractivity contribution in [1.29, 1.82) is 0 Å². The lowest BCUT2D eigenvalue weighted by molar-refractivity contribution is 0.0581. The van der Waals surface area contributed by atoms with Gasteiger partial charge in [-0.25, -0.2) is 0 Å². The van der Waals surface area contributed by atoms with Crippen molar-refractivity contribution < 1.29 is 13.6 Å².